The Bertz CT molecular complexity index is 505. The predicted molar refractivity (Wildman–Crippen MR) is 57.1 cm³/mol. The summed E-state index contributed by atoms with van der Waals surface area (Å²) in [5, 5.41) is 38.3. The average molecular weight is 259 g/mol. The molecule has 0 radical (unpaired) electrons. The molecule has 6 N–H and O–H groups in total. The van der Waals surface area contributed by atoms with E-state index in [9.17, 15) is 20.1 Å². The van der Waals surface area contributed by atoms with E-state index in [1.54, 1.807) is 0 Å². The van der Waals surface area contributed by atoms with Crippen LogP contribution in [-0.2, 0) is 10.6 Å². The molecule has 100 valence electrons. The van der Waals surface area contributed by atoms with Crippen LogP contribution in [0.15, 0.2) is 17.1 Å². The molecule has 1 aromatic heterocycles. The van der Waals surface area contributed by atoms with Crippen molar-refractivity contribution in [2.45, 2.75) is 24.2 Å². The van der Waals surface area contributed by atoms with Crippen LogP contribution in [0, 0.1) is 0 Å². The number of nitrogens with two attached hydrogens (primary N) is 1. The van der Waals surface area contributed by atoms with Gasteiger partial charge in [-0.2, -0.15) is 4.98 Å². The number of hydrogen-bond donors (Lipinski definition) is 5. The fraction of sp³-hybridized carbons (Fsp3) is 0.556. The molecule has 1 fully saturated rings. The van der Waals surface area contributed by atoms with E-state index in [-0.39, 0.29) is 5.82 Å². The van der Waals surface area contributed by atoms with E-state index in [1.165, 1.54) is 6.07 Å². The second-order valence-corrected chi connectivity index (χ2v) is 3.94. The number of aliphatic hydroxyl groups is 4. The number of rotatable bonds is 2. The van der Waals surface area contributed by atoms with Crippen LogP contribution in [0.1, 0.15) is 0 Å². The third kappa shape index (κ3) is 1.78. The van der Waals surface area contributed by atoms with Gasteiger partial charge in [0, 0.05) is 6.20 Å². The summed E-state index contributed by atoms with van der Waals surface area (Å²) in [6.45, 7) is -0.627. The summed E-state index contributed by atoms with van der Waals surface area (Å²) >= 11 is 0. The molecule has 18 heavy (non-hydrogen) atoms. The van der Waals surface area contributed by atoms with Gasteiger partial charge in [0.1, 0.15) is 18.0 Å². The summed E-state index contributed by atoms with van der Waals surface area (Å²) in [6, 6.07) is 1.22. The van der Waals surface area contributed by atoms with Crippen molar-refractivity contribution in [2.75, 3.05) is 12.3 Å². The zero-order valence-electron chi connectivity index (χ0n) is 9.17. The molecule has 1 saturated heterocycles. The van der Waals surface area contributed by atoms with Gasteiger partial charge in [-0.3, -0.25) is 0 Å². The van der Waals surface area contributed by atoms with Crippen molar-refractivity contribution in [3.63, 3.8) is 0 Å². The molecule has 0 saturated carbocycles. The number of nitrogens with zero attached hydrogens (tertiary/aromatic N) is 2. The maximum Gasteiger partial charge on any atom is 0.353 e. The molecular weight excluding hydrogens is 246 g/mol. The average Bonchev–Trinajstić information content (AvgIpc) is 2.54. The van der Waals surface area contributed by atoms with E-state index in [0.29, 0.717) is 4.57 Å². The summed E-state index contributed by atoms with van der Waals surface area (Å²) < 4.78 is 5.51. The van der Waals surface area contributed by atoms with E-state index >= 15 is 0 Å². The lowest BCUT2D eigenvalue weighted by atomic mass is 10.1. The summed E-state index contributed by atoms with van der Waals surface area (Å²) in [6.07, 6.45) is -3.49. The molecule has 1 aromatic rings. The first-order valence-corrected chi connectivity index (χ1v) is 5.13. The normalized spacial score (nSPS) is 35.9. The molecule has 9 nitrogen and oxygen atoms in total. The fourth-order valence-corrected chi connectivity index (χ4v) is 1.79. The molecule has 4 atom stereocenters. The van der Waals surface area contributed by atoms with Gasteiger partial charge in [0.15, 0.2) is 6.10 Å². The Hall–Kier alpha value is -1.52. The van der Waals surface area contributed by atoms with Crippen molar-refractivity contribution in [3.8, 4) is 0 Å². The second kappa shape index (κ2) is 4.30. The molecule has 2 heterocycles. The maximum absolute atomic E-state index is 11.6. The van der Waals surface area contributed by atoms with Crippen LogP contribution in [-0.4, -0.2) is 54.9 Å². The third-order valence-corrected chi connectivity index (χ3v) is 2.76. The van der Waals surface area contributed by atoms with Crippen molar-refractivity contribution in [3.05, 3.63) is 22.7 Å². The molecule has 1 aliphatic rings. The molecule has 0 spiro atoms. The number of nitrogen functional groups attached to an aromatic ring is 1. The van der Waals surface area contributed by atoms with Crippen molar-refractivity contribution in [1.29, 1.82) is 0 Å². The van der Waals surface area contributed by atoms with Crippen LogP contribution in [0.25, 0.3) is 0 Å². The molecule has 0 unspecified atom stereocenters. The van der Waals surface area contributed by atoms with Gasteiger partial charge in [0.05, 0.1) is 6.61 Å². The first-order valence-electron chi connectivity index (χ1n) is 5.13. The van der Waals surface area contributed by atoms with Crippen molar-refractivity contribution in [2.24, 2.45) is 0 Å². The van der Waals surface area contributed by atoms with Gasteiger partial charge in [-0.15, -0.1) is 0 Å². The summed E-state index contributed by atoms with van der Waals surface area (Å²) in [4.78, 5) is 14.9. The SMILES string of the molecule is Nc1ccn([C@]2(O)O[C@H](CO)[C@@H](O)[C@@H]2O)c(=O)n1. The lowest BCUT2D eigenvalue weighted by Gasteiger charge is -2.27. The lowest BCUT2D eigenvalue weighted by molar-refractivity contribution is -0.291. The van der Waals surface area contributed by atoms with Gasteiger partial charge < -0.3 is 30.9 Å². The highest BCUT2D eigenvalue weighted by Gasteiger charge is 2.55. The summed E-state index contributed by atoms with van der Waals surface area (Å²) in [5.74, 6) is -2.56. The van der Waals surface area contributed by atoms with Crippen LogP contribution < -0.4 is 11.4 Å². The molecule has 0 bridgehead atoms. The Labute approximate surface area is 101 Å². The quantitative estimate of drug-likeness (QED) is 0.367. The highest BCUT2D eigenvalue weighted by atomic mass is 16.7. The lowest BCUT2D eigenvalue weighted by Crippen LogP contribution is -2.50. The van der Waals surface area contributed by atoms with E-state index < -0.39 is 36.5 Å². The fourth-order valence-electron chi connectivity index (χ4n) is 1.79. The topological polar surface area (TPSA) is 151 Å². The van der Waals surface area contributed by atoms with E-state index in [0.717, 1.165) is 6.20 Å². The zero-order valence-corrected chi connectivity index (χ0v) is 9.17. The first kappa shape index (κ1) is 12.9. The van der Waals surface area contributed by atoms with Crippen LogP contribution in [0.2, 0.25) is 0 Å². The number of anilines is 1. The Morgan fingerprint density at radius 1 is 1.56 bits per heavy atom. The first-order chi connectivity index (χ1) is 8.40. The Kier molecular flexibility index (Phi) is 3.09. The smallest absolute Gasteiger partial charge is 0.353 e. The Balaban J connectivity index is 2.46. The highest BCUT2D eigenvalue weighted by molar-refractivity contribution is 5.23. The minimum atomic E-state index is -2.50. The second-order valence-electron chi connectivity index (χ2n) is 3.94. The van der Waals surface area contributed by atoms with Crippen LogP contribution >= 0.6 is 0 Å². The highest BCUT2D eigenvalue weighted by Crippen LogP contribution is 2.32. The Morgan fingerprint density at radius 2 is 2.22 bits per heavy atom. The molecule has 9 heteroatoms. The Morgan fingerprint density at radius 3 is 2.72 bits per heavy atom. The maximum atomic E-state index is 11.6. The van der Waals surface area contributed by atoms with Gasteiger partial charge in [0.2, 0.25) is 0 Å². The van der Waals surface area contributed by atoms with Gasteiger partial charge in [-0.1, -0.05) is 0 Å². The van der Waals surface area contributed by atoms with Gasteiger partial charge >= 0.3 is 5.69 Å². The van der Waals surface area contributed by atoms with E-state index in [1.807, 2.05) is 0 Å². The molecular formula is C9H13N3O6. The third-order valence-electron chi connectivity index (χ3n) is 2.76. The van der Waals surface area contributed by atoms with Crippen LogP contribution in [0.3, 0.4) is 0 Å². The molecule has 0 aliphatic carbocycles. The van der Waals surface area contributed by atoms with Gasteiger partial charge in [-0.05, 0) is 6.07 Å². The number of aliphatic hydroxyl groups excluding tert-OH is 3. The largest absolute Gasteiger partial charge is 0.394 e. The summed E-state index contributed by atoms with van der Waals surface area (Å²) in [5.41, 5.74) is 4.33. The molecule has 1 aliphatic heterocycles. The van der Waals surface area contributed by atoms with Gasteiger partial charge in [0.25, 0.3) is 5.91 Å². The van der Waals surface area contributed by atoms with Crippen molar-refractivity contribution in [1.82, 2.24) is 9.55 Å². The van der Waals surface area contributed by atoms with E-state index in [4.69, 9.17) is 15.6 Å². The number of ether oxygens (including phenoxy) is 1. The molecule has 2 rings (SSSR count). The zero-order chi connectivity index (χ0) is 13.5. The minimum Gasteiger partial charge on any atom is -0.394 e. The number of aromatic nitrogens is 2. The monoisotopic (exact) mass is 259 g/mol. The number of hydrogen-bond acceptors (Lipinski definition) is 8. The predicted octanol–water partition coefficient (Wildman–Crippen LogP) is -3.46. The van der Waals surface area contributed by atoms with E-state index in [2.05, 4.69) is 4.98 Å². The molecule has 0 amide bonds. The van der Waals surface area contributed by atoms with Crippen LogP contribution in [0.4, 0.5) is 5.82 Å². The van der Waals surface area contributed by atoms with Crippen molar-refractivity contribution < 1.29 is 25.2 Å². The summed E-state index contributed by atoms with van der Waals surface area (Å²) in [7, 11) is 0. The molecule has 0 aromatic carbocycles. The van der Waals surface area contributed by atoms with Crippen molar-refractivity contribution >= 4 is 5.82 Å². The minimum absolute atomic E-state index is 0.0633. The van der Waals surface area contributed by atoms with Gasteiger partial charge in [-0.25, -0.2) is 9.36 Å². The van der Waals surface area contributed by atoms with Crippen LogP contribution in [0.5, 0.6) is 0 Å². The standard InChI is InChI=1S/C9H13N3O6/c10-5-1-2-12(8(16)11-5)9(17)7(15)6(14)4(3-13)18-9/h1-2,4,6-7,13-15,17H,3H2,(H2,10,11,16)/t4-,6-,7+,9-/m1/s1.